The van der Waals surface area contributed by atoms with Crippen molar-refractivity contribution in [2.45, 2.75) is 25.7 Å². The number of carbonyl (C=O) groups is 1. The van der Waals surface area contributed by atoms with Crippen LogP contribution < -0.4 is 4.31 Å². The van der Waals surface area contributed by atoms with Gasteiger partial charge in [-0.3, -0.25) is 4.79 Å². The SMILES string of the molecule is Cc1ccc(S(=O)(=O)N(C(=O)c2cccc(Cl)c2)c2cccc(C)c2C)cc1. The molecule has 0 atom stereocenters. The molecule has 28 heavy (non-hydrogen) atoms. The molecule has 0 spiro atoms. The zero-order chi connectivity index (χ0) is 20.5. The van der Waals surface area contributed by atoms with Crippen LogP contribution in [0.25, 0.3) is 0 Å². The fraction of sp³-hybridized carbons (Fsp3) is 0.136. The van der Waals surface area contributed by atoms with Crippen molar-refractivity contribution in [3.63, 3.8) is 0 Å². The summed E-state index contributed by atoms with van der Waals surface area (Å²) in [6.45, 7) is 5.54. The minimum absolute atomic E-state index is 0.0504. The molecule has 0 radical (unpaired) electrons. The zero-order valence-electron chi connectivity index (χ0n) is 15.8. The molecular formula is C22H20ClNO3S. The first-order chi connectivity index (χ1) is 13.2. The van der Waals surface area contributed by atoms with Gasteiger partial charge in [-0.2, -0.15) is 4.31 Å². The minimum atomic E-state index is -4.13. The van der Waals surface area contributed by atoms with Gasteiger partial charge in [-0.1, -0.05) is 47.5 Å². The van der Waals surface area contributed by atoms with E-state index in [9.17, 15) is 13.2 Å². The van der Waals surface area contributed by atoms with E-state index in [2.05, 4.69) is 0 Å². The number of rotatable bonds is 4. The van der Waals surface area contributed by atoms with Crippen molar-refractivity contribution in [1.29, 1.82) is 0 Å². The highest BCUT2D eigenvalue weighted by Crippen LogP contribution is 2.30. The minimum Gasteiger partial charge on any atom is -0.268 e. The number of amides is 1. The molecule has 144 valence electrons. The lowest BCUT2D eigenvalue weighted by atomic mass is 10.1. The number of benzene rings is 3. The van der Waals surface area contributed by atoms with E-state index in [1.165, 1.54) is 18.2 Å². The molecule has 1 amide bonds. The quantitative estimate of drug-likeness (QED) is 0.583. The standard InChI is InChI=1S/C22H20ClNO3S/c1-15-10-12-20(13-11-15)28(26,27)24(21-9-4-6-16(2)17(21)3)22(25)18-7-5-8-19(23)14-18/h4-14H,1-3H3. The number of carbonyl (C=O) groups excluding carboxylic acids is 1. The van der Waals surface area contributed by atoms with Crippen LogP contribution in [0.4, 0.5) is 5.69 Å². The Balaban J connectivity index is 2.24. The van der Waals surface area contributed by atoms with Gasteiger partial charge in [0.2, 0.25) is 0 Å². The molecule has 0 bridgehead atoms. The summed E-state index contributed by atoms with van der Waals surface area (Å²) in [5.74, 6) is -0.656. The molecule has 0 N–H and O–H groups in total. The average molecular weight is 414 g/mol. The second kappa shape index (κ2) is 7.78. The second-order valence-corrected chi connectivity index (χ2v) is 8.84. The molecule has 0 saturated heterocycles. The molecule has 0 unspecified atom stereocenters. The molecule has 3 aromatic rings. The Hall–Kier alpha value is -2.63. The monoisotopic (exact) mass is 413 g/mol. The topological polar surface area (TPSA) is 54.5 Å². The molecule has 0 heterocycles. The summed E-state index contributed by atoms with van der Waals surface area (Å²) >= 11 is 6.02. The Bertz CT molecular complexity index is 1140. The van der Waals surface area contributed by atoms with E-state index in [4.69, 9.17) is 11.6 Å². The Kier molecular flexibility index (Phi) is 5.59. The summed E-state index contributed by atoms with van der Waals surface area (Å²) in [6, 6.07) is 17.9. The summed E-state index contributed by atoms with van der Waals surface area (Å²) in [7, 11) is -4.13. The van der Waals surface area contributed by atoms with Gasteiger partial charge < -0.3 is 0 Å². The van der Waals surface area contributed by atoms with E-state index < -0.39 is 15.9 Å². The Labute approximate surface area is 170 Å². The first-order valence-corrected chi connectivity index (χ1v) is 10.5. The van der Waals surface area contributed by atoms with Gasteiger partial charge in [0.25, 0.3) is 15.9 Å². The van der Waals surface area contributed by atoms with Crippen LogP contribution in [0, 0.1) is 20.8 Å². The van der Waals surface area contributed by atoms with E-state index in [-0.39, 0.29) is 10.5 Å². The van der Waals surface area contributed by atoms with Crippen LogP contribution in [0.15, 0.2) is 71.6 Å². The Morgan fingerprint density at radius 1 is 0.893 bits per heavy atom. The molecule has 0 aliphatic rings. The average Bonchev–Trinajstić information content (AvgIpc) is 2.65. The number of anilines is 1. The van der Waals surface area contributed by atoms with Gasteiger partial charge in [-0.05, 0) is 68.3 Å². The lowest BCUT2D eigenvalue weighted by molar-refractivity contribution is 0.100. The summed E-state index contributed by atoms with van der Waals surface area (Å²) < 4.78 is 27.8. The maximum atomic E-state index is 13.5. The molecule has 0 aromatic heterocycles. The number of nitrogens with zero attached hydrogens (tertiary/aromatic N) is 1. The van der Waals surface area contributed by atoms with E-state index in [0.717, 1.165) is 15.4 Å². The van der Waals surface area contributed by atoms with E-state index in [1.807, 2.05) is 19.9 Å². The Morgan fingerprint density at radius 2 is 1.54 bits per heavy atom. The van der Waals surface area contributed by atoms with Gasteiger partial charge in [-0.15, -0.1) is 0 Å². The number of halogens is 1. The van der Waals surface area contributed by atoms with Crippen molar-refractivity contribution in [3.8, 4) is 0 Å². The van der Waals surface area contributed by atoms with Gasteiger partial charge in [-0.25, -0.2) is 8.42 Å². The molecule has 0 saturated carbocycles. The maximum Gasteiger partial charge on any atom is 0.272 e. The van der Waals surface area contributed by atoms with Gasteiger partial charge >= 0.3 is 0 Å². The van der Waals surface area contributed by atoms with Gasteiger partial charge in [0.1, 0.15) is 0 Å². The largest absolute Gasteiger partial charge is 0.272 e. The van der Waals surface area contributed by atoms with Crippen LogP contribution in [0.2, 0.25) is 5.02 Å². The molecule has 3 aromatic carbocycles. The van der Waals surface area contributed by atoms with Crippen LogP contribution in [-0.4, -0.2) is 14.3 Å². The molecule has 3 rings (SSSR count). The Morgan fingerprint density at radius 3 is 2.18 bits per heavy atom. The molecule has 0 aliphatic heterocycles. The second-order valence-electron chi connectivity index (χ2n) is 6.62. The van der Waals surface area contributed by atoms with Crippen molar-refractivity contribution < 1.29 is 13.2 Å². The summed E-state index contributed by atoms with van der Waals surface area (Å²) in [4.78, 5) is 13.4. The molecular weight excluding hydrogens is 394 g/mol. The first-order valence-electron chi connectivity index (χ1n) is 8.70. The van der Waals surface area contributed by atoms with Crippen LogP contribution in [-0.2, 0) is 10.0 Å². The third-order valence-corrected chi connectivity index (χ3v) is 6.56. The first kappa shape index (κ1) is 20.1. The number of hydrogen-bond acceptors (Lipinski definition) is 3. The predicted molar refractivity (Wildman–Crippen MR) is 113 cm³/mol. The van der Waals surface area contributed by atoms with E-state index in [0.29, 0.717) is 16.3 Å². The third kappa shape index (κ3) is 3.81. The summed E-state index contributed by atoms with van der Waals surface area (Å²) in [5.41, 5.74) is 3.06. The lowest BCUT2D eigenvalue weighted by Gasteiger charge is -2.25. The van der Waals surface area contributed by atoms with Crippen molar-refractivity contribution in [2.24, 2.45) is 0 Å². The normalized spacial score (nSPS) is 11.3. The van der Waals surface area contributed by atoms with Crippen LogP contribution in [0.1, 0.15) is 27.0 Å². The number of sulfonamides is 1. The molecule has 0 aliphatic carbocycles. The highest BCUT2D eigenvalue weighted by Gasteiger charge is 2.33. The van der Waals surface area contributed by atoms with Crippen LogP contribution in [0.3, 0.4) is 0 Å². The molecule has 4 nitrogen and oxygen atoms in total. The predicted octanol–water partition coefficient (Wildman–Crippen LogP) is 5.30. The van der Waals surface area contributed by atoms with Gasteiger partial charge in [0, 0.05) is 10.6 Å². The highest BCUT2D eigenvalue weighted by molar-refractivity contribution is 7.93. The third-order valence-electron chi connectivity index (χ3n) is 4.61. The smallest absolute Gasteiger partial charge is 0.268 e. The fourth-order valence-electron chi connectivity index (χ4n) is 2.86. The summed E-state index contributed by atoms with van der Waals surface area (Å²) in [5, 5.41) is 0.361. The number of hydrogen-bond donors (Lipinski definition) is 0. The van der Waals surface area contributed by atoms with Gasteiger partial charge in [0.05, 0.1) is 10.6 Å². The molecule has 6 heteroatoms. The zero-order valence-corrected chi connectivity index (χ0v) is 17.4. The lowest BCUT2D eigenvalue weighted by Crippen LogP contribution is -2.37. The van der Waals surface area contributed by atoms with Crippen LogP contribution >= 0.6 is 11.6 Å². The number of aryl methyl sites for hydroxylation is 2. The van der Waals surface area contributed by atoms with Gasteiger partial charge in [0.15, 0.2) is 0 Å². The summed E-state index contributed by atoms with van der Waals surface area (Å²) in [6.07, 6.45) is 0. The molecule has 0 fully saturated rings. The fourth-order valence-corrected chi connectivity index (χ4v) is 4.52. The van der Waals surface area contributed by atoms with Crippen molar-refractivity contribution >= 4 is 33.2 Å². The maximum absolute atomic E-state index is 13.5. The van der Waals surface area contributed by atoms with Crippen molar-refractivity contribution in [2.75, 3.05) is 4.31 Å². The highest BCUT2D eigenvalue weighted by atomic mass is 35.5. The van der Waals surface area contributed by atoms with E-state index >= 15 is 0 Å². The van der Waals surface area contributed by atoms with Crippen LogP contribution in [0.5, 0.6) is 0 Å². The van der Waals surface area contributed by atoms with E-state index in [1.54, 1.807) is 49.4 Å². The van der Waals surface area contributed by atoms with Crippen molar-refractivity contribution in [3.05, 3.63) is 94.0 Å². The van der Waals surface area contributed by atoms with Crippen molar-refractivity contribution in [1.82, 2.24) is 0 Å².